The van der Waals surface area contributed by atoms with Gasteiger partial charge in [0, 0.05) is 6.54 Å². The zero-order chi connectivity index (χ0) is 11.5. The number of rotatable bonds is 4. The Kier molecular flexibility index (Phi) is 3.04. The van der Waals surface area contributed by atoms with Crippen LogP contribution < -0.4 is 5.73 Å². The van der Waals surface area contributed by atoms with E-state index in [9.17, 15) is 0 Å². The van der Waals surface area contributed by atoms with E-state index in [1.165, 1.54) is 0 Å². The Labute approximate surface area is 93.6 Å². The second-order valence-electron chi connectivity index (χ2n) is 3.63. The average molecular weight is 224 g/mol. The van der Waals surface area contributed by atoms with Gasteiger partial charge in [0.25, 0.3) is 0 Å². The zero-order valence-corrected chi connectivity index (χ0v) is 9.24. The molecule has 0 saturated heterocycles. The van der Waals surface area contributed by atoms with Gasteiger partial charge in [0.05, 0.1) is 31.9 Å². The smallest absolute Gasteiger partial charge is 0.191 e. The maximum absolute atomic E-state index is 8.79. The molecule has 0 radical (unpaired) electrons. The average Bonchev–Trinajstić information content (AvgIpc) is 2.85. The minimum atomic E-state index is 0.0591. The first-order chi connectivity index (χ1) is 7.76. The van der Waals surface area contributed by atoms with Gasteiger partial charge in [0.1, 0.15) is 5.69 Å². The van der Waals surface area contributed by atoms with E-state index in [4.69, 9.17) is 10.8 Å². The Hall–Kier alpha value is -1.63. The van der Waals surface area contributed by atoms with Crippen LogP contribution in [0.1, 0.15) is 18.7 Å². The van der Waals surface area contributed by atoms with Gasteiger partial charge in [-0.3, -0.25) is 4.99 Å². The summed E-state index contributed by atoms with van der Waals surface area (Å²) in [6, 6.07) is 0.0810. The van der Waals surface area contributed by atoms with Gasteiger partial charge in [-0.05, 0) is 6.92 Å². The third kappa shape index (κ3) is 1.85. The van der Waals surface area contributed by atoms with E-state index in [1.54, 1.807) is 4.68 Å². The monoisotopic (exact) mass is 224 g/mol. The lowest BCUT2D eigenvalue weighted by molar-refractivity contribution is 0.268. The molecular weight excluding hydrogens is 208 g/mol. The quantitative estimate of drug-likeness (QED) is 0.681. The van der Waals surface area contributed by atoms with Crippen molar-refractivity contribution in [2.45, 2.75) is 19.5 Å². The fourth-order valence-electron chi connectivity index (χ4n) is 1.84. The summed E-state index contributed by atoms with van der Waals surface area (Å²) in [5, 5.41) is 16.8. The summed E-state index contributed by atoms with van der Waals surface area (Å²) in [5.41, 5.74) is 6.61. The Balaban J connectivity index is 2.12. The lowest BCUT2D eigenvalue weighted by Gasteiger charge is -2.22. The predicted octanol–water partition coefficient (Wildman–Crippen LogP) is -1.04. The van der Waals surface area contributed by atoms with Crippen LogP contribution in [0.4, 0.5) is 0 Å². The number of aliphatic hydroxyl groups excluding tert-OH is 1. The van der Waals surface area contributed by atoms with Crippen LogP contribution in [0.2, 0.25) is 0 Å². The standard InChI is InChI=1S/C9H16N6O/c1-2-15-8(5-11-9(15)10)7-6-14(3-4-16)13-12-7/h6,8,16H,2-5H2,1H3,(H2,10,11). The highest BCUT2D eigenvalue weighted by molar-refractivity contribution is 5.80. The van der Waals surface area contributed by atoms with Gasteiger partial charge in [-0.15, -0.1) is 5.10 Å². The molecule has 3 N–H and O–H groups in total. The number of hydrogen-bond acceptors (Lipinski definition) is 6. The van der Waals surface area contributed by atoms with E-state index in [2.05, 4.69) is 15.3 Å². The summed E-state index contributed by atoms with van der Waals surface area (Å²) in [5.74, 6) is 0.559. The van der Waals surface area contributed by atoms with E-state index in [0.29, 0.717) is 19.0 Å². The normalized spacial score (nSPS) is 20.2. The highest BCUT2D eigenvalue weighted by Gasteiger charge is 2.28. The van der Waals surface area contributed by atoms with Crippen LogP contribution in [0.25, 0.3) is 0 Å². The number of aliphatic hydroxyl groups is 1. The van der Waals surface area contributed by atoms with Gasteiger partial charge < -0.3 is 15.7 Å². The van der Waals surface area contributed by atoms with Gasteiger partial charge >= 0.3 is 0 Å². The fourth-order valence-corrected chi connectivity index (χ4v) is 1.84. The highest BCUT2D eigenvalue weighted by Crippen LogP contribution is 2.22. The van der Waals surface area contributed by atoms with Crippen molar-refractivity contribution in [2.75, 3.05) is 19.7 Å². The topological polar surface area (TPSA) is 92.6 Å². The van der Waals surface area contributed by atoms with Gasteiger partial charge in [-0.2, -0.15) is 0 Å². The summed E-state index contributed by atoms with van der Waals surface area (Å²) >= 11 is 0. The molecule has 0 aliphatic carbocycles. The number of hydrogen-bond donors (Lipinski definition) is 2. The molecule has 0 aromatic carbocycles. The fraction of sp³-hybridized carbons (Fsp3) is 0.667. The van der Waals surface area contributed by atoms with Gasteiger partial charge in [-0.1, -0.05) is 5.21 Å². The van der Waals surface area contributed by atoms with Crippen molar-refractivity contribution in [3.63, 3.8) is 0 Å². The van der Waals surface area contributed by atoms with Crippen molar-refractivity contribution in [3.05, 3.63) is 11.9 Å². The van der Waals surface area contributed by atoms with Gasteiger partial charge in [0.2, 0.25) is 0 Å². The first-order valence-corrected chi connectivity index (χ1v) is 5.33. The number of nitrogens with zero attached hydrogens (tertiary/aromatic N) is 5. The molecule has 1 atom stereocenters. The Bertz CT molecular complexity index is 387. The Morgan fingerprint density at radius 3 is 3.12 bits per heavy atom. The summed E-state index contributed by atoms with van der Waals surface area (Å²) in [7, 11) is 0. The number of likely N-dealkylation sites (N-methyl/N-ethyl adjacent to an activating group) is 1. The molecule has 1 aliphatic rings. The van der Waals surface area contributed by atoms with Crippen molar-refractivity contribution in [1.29, 1.82) is 0 Å². The molecule has 16 heavy (non-hydrogen) atoms. The van der Waals surface area contributed by atoms with E-state index in [-0.39, 0.29) is 12.6 Å². The number of guanidine groups is 1. The van der Waals surface area contributed by atoms with Gasteiger partial charge in [-0.25, -0.2) is 4.68 Å². The maximum atomic E-state index is 8.79. The second kappa shape index (κ2) is 4.48. The summed E-state index contributed by atoms with van der Waals surface area (Å²) in [6.45, 7) is 3.97. The molecular formula is C9H16N6O. The lowest BCUT2D eigenvalue weighted by atomic mass is 10.2. The predicted molar refractivity (Wildman–Crippen MR) is 58.7 cm³/mol. The minimum absolute atomic E-state index is 0.0591. The molecule has 0 saturated carbocycles. The third-order valence-electron chi connectivity index (χ3n) is 2.66. The van der Waals surface area contributed by atoms with E-state index < -0.39 is 0 Å². The molecule has 1 unspecified atom stereocenters. The minimum Gasteiger partial charge on any atom is -0.394 e. The third-order valence-corrected chi connectivity index (χ3v) is 2.66. The summed E-state index contributed by atoms with van der Waals surface area (Å²) in [6.07, 6.45) is 1.83. The summed E-state index contributed by atoms with van der Waals surface area (Å²) < 4.78 is 1.62. The van der Waals surface area contributed by atoms with Crippen molar-refractivity contribution in [3.8, 4) is 0 Å². The van der Waals surface area contributed by atoms with Crippen LogP contribution in [0.15, 0.2) is 11.2 Å². The van der Waals surface area contributed by atoms with Crippen LogP contribution >= 0.6 is 0 Å². The van der Waals surface area contributed by atoms with Crippen LogP contribution in [-0.2, 0) is 6.54 Å². The van der Waals surface area contributed by atoms with Crippen molar-refractivity contribution in [1.82, 2.24) is 19.9 Å². The Morgan fingerprint density at radius 1 is 1.62 bits per heavy atom. The molecule has 7 heteroatoms. The molecule has 2 heterocycles. The molecule has 2 rings (SSSR count). The van der Waals surface area contributed by atoms with E-state index in [0.717, 1.165) is 12.2 Å². The first-order valence-electron chi connectivity index (χ1n) is 5.33. The summed E-state index contributed by atoms with van der Waals surface area (Å²) in [4.78, 5) is 6.19. The molecule has 1 aliphatic heterocycles. The maximum Gasteiger partial charge on any atom is 0.191 e. The molecule has 7 nitrogen and oxygen atoms in total. The Morgan fingerprint density at radius 2 is 2.44 bits per heavy atom. The largest absolute Gasteiger partial charge is 0.394 e. The van der Waals surface area contributed by atoms with Gasteiger partial charge in [0.15, 0.2) is 5.96 Å². The first kappa shape index (κ1) is 10.9. The highest BCUT2D eigenvalue weighted by atomic mass is 16.3. The molecule has 1 aromatic rings. The second-order valence-corrected chi connectivity index (χ2v) is 3.63. The van der Waals surface area contributed by atoms with E-state index in [1.807, 2.05) is 18.0 Å². The number of nitrogens with two attached hydrogens (primary N) is 1. The molecule has 88 valence electrons. The lowest BCUT2D eigenvalue weighted by Crippen LogP contribution is -2.35. The SMILES string of the molecule is CCN1C(N)=NCC1c1cn(CCO)nn1. The molecule has 0 amide bonds. The van der Waals surface area contributed by atoms with Crippen LogP contribution in [0.3, 0.4) is 0 Å². The van der Waals surface area contributed by atoms with Crippen LogP contribution in [-0.4, -0.2) is 50.7 Å². The van der Waals surface area contributed by atoms with Crippen molar-refractivity contribution in [2.24, 2.45) is 10.7 Å². The van der Waals surface area contributed by atoms with E-state index >= 15 is 0 Å². The molecule has 1 aromatic heterocycles. The van der Waals surface area contributed by atoms with Crippen molar-refractivity contribution >= 4 is 5.96 Å². The van der Waals surface area contributed by atoms with Crippen LogP contribution in [0, 0.1) is 0 Å². The molecule has 0 bridgehead atoms. The van der Waals surface area contributed by atoms with Crippen LogP contribution in [0.5, 0.6) is 0 Å². The molecule has 0 fully saturated rings. The number of aliphatic imine (C=N–C) groups is 1. The zero-order valence-electron chi connectivity index (χ0n) is 9.24. The van der Waals surface area contributed by atoms with Crippen molar-refractivity contribution < 1.29 is 5.11 Å². The molecule has 0 spiro atoms. The number of aromatic nitrogens is 3.